The van der Waals surface area contributed by atoms with Gasteiger partial charge in [0.15, 0.2) is 11.5 Å². The van der Waals surface area contributed by atoms with Gasteiger partial charge in [-0.15, -0.1) is 0 Å². The Hall–Kier alpha value is -4.40. The second kappa shape index (κ2) is 11.3. The Morgan fingerprint density at radius 3 is 2.27 bits per heavy atom. The first-order chi connectivity index (χ1) is 16.0. The van der Waals surface area contributed by atoms with Gasteiger partial charge < -0.3 is 14.2 Å². The topological polar surface area (TPSA) is 112 Å². The van der Waals surface area contributed by atoms with Crippen LogP contribution in [0.1, 0.15) is 16.7 Å². The molecule has 0 saturated heterocycles. The lowest BCUT2D eigenvalue weighted by molar-refractivity contribution is -0.384. The Kier molecular flexibility index (Phi) is 7.96. The van der Waals surface area contributed by atoms with E-state index in [1.54, 1.807) is 61.7 Å². The Balaban J connectivity index is 1.47. The van der Waals surface area contributed by atoms with Gasteiger partial charge in [0.1, 0.15) is 12.4 Å². The maximum absolute atomic E-state index is 12.1. The molecule has 0 saturated carbocycles. The second-order valence-corrected chi connectivity index (χ2v) is 6.94. The number of nitrogens with one attached hydrogen (secondary N) is 1. The predicted molar refractivity (Wildman–Crippen MR) is 123 cm³/mol. The van der Waals surface area contributed by atoms with Crippen molar-refractivity contribution in [2.45, 2.75) is 13.0 Å². The van der Waals surface area contributed by atoms with Crippen molar-refractivity contribution in [1.29, 1.82) is 0 Å². The summed E-state index contributed by atoms with van der Waals surface area (Å²) in [6, 6.07) is 18.6. The van der Waals surface area contributed by atoms with Crippen LogP contribution in [0.2, 0.25) is 0 Å². The van der Waals surface area contributed by atoms with Crippen LogP contribution in [0.4, 0.5) is 5.69 Å². The number of benzene rings is 3. The number of non-ortho nitro benzene ring substituents is 1. The zero-order valence-corrected chi connectivity index (χ0v) is 18.2. The van der Waals surface area contributed by atoms with Crippen molar-refractivity contribution in [3.05, 3.63) is 93.5 Å². The molecule has 0 atom stereocenters. The number of hydrazone groups is 1. The van der Waals surface area contributed by atoms with Crippen LogP contribution >= 0.6 is 0 Å². The van der Waals surface area contributed by atoms with E-state index in [2.05, 4.69) is 10.5 Å². The molecule has 0 bridgehead atoms. The summed E-state index contributed by atoms with van der Waals surface area (Å²) in [6.45, 7) is 0.289. The van der Waals surface area contributed by atoms with Crippen molar-refractivity contribution in [3.8, 4) is 17.2 Å². The molecule has 9 heteroatoms. The van der Waals surface area contributed by atoms with Crippen LogP contribution in [0, 0.1) is 10.1 Å². The van der Waals surface area contributed by atoms with Crippen molar-refractivity contribution in [1.82, 2.24) is 5.43 Å². The van der Waals surface area contributed by atoms with E-state index in [1.807, 2.05) is 0 Å². The smallest absolute Gasteiger partial charge is 0.269 e. The molecule has 0 fully saturated rings. The number of nitro groups is 1. The minimum absolute atomic E-state index is 0.0400. The number of rotatable bonds is 10. The van der Waals surface area contributed by atoms with Crippen molar-refractivity contribution in [2.24, 2.45) is 5.10 Å². The van der Waals surface area contributed by atoms with E-state index < -0.39 is 4.92 Å². The van der Waals surface area contributed by atoms with Gasteiger partial charge >= 0.3 is 0 Å². The van der Waals surface area contributed by atoms with E-state index in [-0.39, 0.29) is 24.6 Å². The molecule has 1 N–H and O–H groups in total. The average molecular weight is 449 g/mol. The van der Waals surface area contributed by atoms with E-state index in [0.717, 1.165) is 16.7 Å². The summed E-state index contributed by atoms with van der Waals surface area (Å²) in [6.07, 6.45) is 1.68. The monoisotopic (exact) mass is 449 g/mol. The van der Waals surface area contributed by atoms with Crippen LogP contribution in [0.5, 0.6) is 17.2 Å². The molecule has 0 radical (unpaired) electrons. The van der Waals surface area contributed by atoms with Crippen LogP contribution in [0.25, 0.3) is 0 Å². The Bertz CT molecular complexity index is 1130. The Morgan fingerprint density at radius 1 is 0.970 bits per heavy atom. The van der Waals surface area contributed by atoms with Gasteiger partial charge in [-0.05, 0) is 65.2 Å². The molecule has 170 valence electrons. The minimum Gasteiger partial charge on any atom is -0.493 e. The molecule has 1 amide bonds. The third kappa shape index (κ3) is 6.79. The summed E-state index contributed by atoms with van der Waals surface area (Å²) in [7, 11) is 3.09. The highest BCUT2D eigenvalue weighted by molar-refractivity contribution is 5.83. The Labute approximate surface area is 190 Å². The normalized spacial score (nSPS) is 10.6. The molecule has 0 unspecified atom stereocenters. The summed E-state index contributed by atoms with van der Waals surface area (Å²) in [4.78, 5) is 22.4. The molecule has 0 aliphatic carbocycles. The number of methoxy groups -OCH3 is 2. The van der Waals surface area contributed by atoms with Crippen LogP contribution in [0.3, 0.4) is 0 Å². The van der Waals surface area contributed by atoms with Gasteiger partial charge in [0.05, 0.1) is 31.8 Å². The first-order valence-electron chi connectivity index (χ1n) is 9.97. The van der Waals surface area contributed by atoms with E-state index in [4.69, 9.17) is 14.2 Å². The lowest BCUT2D eigenvalue weighted by Gasteiger charge is -2.09. The highest BCUT2D eigenvalue weighted by Gasteiger charge is 2.08. The number of hydrogen-bond acceptors (Lipinski definition) is 7. The predicted octanol–water partition coefficient (Wildman–Crippen LogP) is 3.88. The van der Waals surface area contributed by atoms with E-state index in [0.29, 0.717) is 17.2 Å². The summed E-state index contributed by atoms with van der Waals surface area (Å²) in [5.41, 5.74) is 4.92. The summed E-state index contributed by atoms with van der Waals surface area (Å²) in [5, 5.41) is 14.7. The SMILES string of the molecule is COc1ccc(CC(=O)NN=Cc2ccc(OCc3ccc([N+](=O)[O-])cc3)cc2)cc1OC. The van der Waals surface area contributed by atoms with E-state index >= 15 is 0 Å². The summed E-state index contributed by atoms with van der Waals surface area (Å²) >= 11 is 0. The Morgan fingerprint density at radius 2 is 1.64 bits per heavy atom. The van der Waals surface area contributed by atoms with Crippen LogP contribution < -0.4 is 19.6 Å². The van der Waals surface area contributed by atoms with Gasteiger partial charge in [-0.25, -0.2) is 5.43 Å². The van der Waals surface area contributed by atoms with Crippen LogP contribution in [-0.4, -0.2) is 31.3 Å². The third-order valence-electron chi connectivity index (χ3n) is 4.65. The van der Waals surface area contributed by atoms with Gasteiger partial charge in [0.2, 0.25) is 5.91 Å². The number of nitro benzene ring substituents is 1. The van der Waals surface area contributed by atoms with Crippen LogP contribution in [-0.2, 0) is 17.8 Å². The average Bonchev–Trinajstić information content (AvgIpc) is 2.83. The molecule has 0 spiro atoms. The van der Waals surface area contributed by atoms with E-state index in [1.165, 1.54) is 25.5 Å². The van der Waals surface area contributed by atoms with Gasteiger partial charge in [0.25, 0.3) is 5.69 Å². The molecule has 0 aliphatic heterocycles. The highest BCUT2D eigenvalue weighted by atomic mass is 16.6. The van der Waals surface area contributed by atoms with Crippen molar-refractivity contribution >= 4 is 17.8 Å². The number of hydrogen-bond donors (Lipinski definition) is 1. The number of carbonyl (C=O) groups is 1. The largest absolute Gasteiger partial charge is 0.493 e. The molecule has 3 rings (SSSR count). The lowest BCUT2D eigenvalue weighted by atomic mass is 10.1. The maximum atomic E-state index is 12.1. The van der Waals surface area contributed by atoms with Gasteiger partial charge in [-0.1, -0.05) is 6.07 Å². The molecular weight excluding hydrogens is 426 g/mol. The number of carbonyl (C=O) groups excluding carboxylic acids is 1. The van der Waals surface area contributed by atoms with Crippen molar-refractivity contribution in [3.63, 3.8) is 0 Å². The molecule has 3 aromatic rings. The highest BCUT2D eigenvalue weighted by Crippen LogP contribution is 2.27. The molecule has 33 heavy (non-hydrogen) atoms. The zero-order chi connectivity index (χ0) is 23.6. The summed E-state index contributed by atoms with van der Waals surface area (Å²) in [5.74, 6) is 1.53. The molecule has 9 nitrogen and oxygen atoms in total. The van der Waals surface area contributed by atoms with Crippen molar-refractivity contribution < 1.29 is 23.9 Å². The van der Waals surface area contributed by atoms with Crippen LogP contribution in [0.15, 0.2) is 71.8 Å². The molecule has 0 aromatic heterocycles. The van der Waals surface area contributed by atoms with Crippen molar-refractivity contribution in [2.75, 3.05) is 14.2 Å². The fraction of sp³-hybridized carbons (Fsp3) is 0.167. The second-order valence-electron chi connectivity index (χ2n) is 6.94. The molecule has 3 aromatic carbocycles. The van der Waals surface area contributed by atoms with Gasteiger partial charge in [-0.3, -0.25) is 14.9 Å². The van der Waals surface area contributed by atoms with Gasteiger partial charge in [0, 0.05) is 12.1 Å². The summed E-state index contributed by atoms with van der Waals surface area (Å²) < 4.78 is 16.1. The quantitative estimate of drug-likeness (QED) is 0.286. The third-order valence-corrected chi connectivity index (χ3v) is 4.65. The fourth-order valence-corrected chi connectivity index (χ4v) is 2.92. The molecule has 0 aliphatic rings. The standard InChI is InChI=1S/C24H23N3O6/c1-31-22-12-7-19(13-23(22)32-2)14-24(28)26-25-15-17-5-10-21(11-6-17)33-16-18-3-8-20(9-4-18)27(29)30/h3-13,15H,14,16H2,1-2H3,(H,26,28). The number of amides is 1. The molecule has 0 heterocycles. The number of nitrogens with zero attached hydrogens (tertiary/aromatic N) is 2. The maximum Gasteiger partial charge on any atom is 0.269 e. The number of ether oxygens (including phenoxy) is 3. The lowest BCUT2D eigenvalue weighted by Crippen LogP contribution is -2.19. The minimum atomic E-state index is -0.441. The van der Waals surface area contributed by atoms with Gasteiger partial charge in [-0.2, -0.15) is 5.10 Å². The fourth-order valence-electron chi connectivity index (χ4n) is 2.92. The first kappa shape index (κ1) is 23.3. The molecular formula is C24H23N3O6. The zero-order valence-electron chi connectivity index (χ0n) is 18.2. The first-order valence-corrected chi connectivity index (χ1v) is 9.97. The van der Waals surface area contributed by atoms with E-state index in [9.17, 15) is 14.9 Å².